The molecule has 3 fully saturated rings. The molecule has 0 aromatic heterocycles. The molecule has 22 heavy (non-hydrogen) atoms. The molecule has 1 unspecified atom stereocenters. The molecule has 3 rings (SSSR count). The van der Waals surface area contributed by atoms with Gasteiger partial charge in [-0.05, 0) is 45.6 Å². The van der Waals surface area contributed by atoms with E-state index in [2.05, 4.69) is 22.0 Å². The number of nitrogens with one attached hydrogen (secondary N) is 1. The molecule has 0 spiro atoms. The number of hydrogen-bond acceptors (Lipinski definition) is 3. The zero-order valence-electron chi connectivity index (χ0n) is 14.4. The minimum absolute atomic E-state index is 0.305. The topological polar surface area (TPSA) is 35.6 Å². The van der Waals surface area contributed by atoms with Crippen LogP contribution in [0.5, 0.6) is 0 Å². The molecule has 4 heteroatoms. The van der Waals surface area contributed by atoms with E-state index < -0.39 is 0 Å². The lowest BCUT2D eigenvalue weighted by molar-refractivity contribution is -0.136. The van der Waals surface area contributed by atoms with Crippen LogP contribution in [0.15, 0.2) is 0 Å². The van der Waals surface area contributed by atoms with Gasteiger partial charge >= 0.3 is 0 Å². The van der Waals surface area contributed by atoms with Crippen molar-refractivity contribution in [2.45, 2.75) is 82.8 Å². The second-order valence-electron chi connectivity index (χ2n) is 7.86. The Balaban J connectivity index is 1.59. The molecule has 1 N–H and O–H groups in total. The number of carbonyl (C=O) groups excluding carboxylic acids is 1. The number of amides is 1. The lowest BCUT2D eigenvalue weighted by Crippen LogP contribution is -2.56. The first-order valence-electron chi connectivity index (χ1n) is 9.35. The van der Waals surface area contributed by atoms with Gasteiger partial charge in [0, 0.05) is 44.2 Å². The number of hydrogen-bond donors (Lipinski definition) is 1. The molecule has 2 heterocycles. The molecular weight excluding hydrogens is 274 g/mol. The van der Waals surface area contributed by atoms with Crippen LogP contribution in [0.4, 0.5) is 0 Å². The Kier molecular flexibility index (Phi) is 5.08. The minimum atomic E-state index is 0.305. The first-order valence-corrected chi connectivity index (χ1v) is 9.35. The lowest BCUT2D eigenvalue weighted by Gasteiger charge is -2.47. The summed E-state index contributed by atoms with van der Waals surface area (Å²) in [6.07, 6.45) is 9.98. The van der Waals surface area contributed by atoms with Crippen LogP contribution in [0.25, 0.3) is 0 Å². The van der Waals surface area contributed by atoms with Gasteiger partial charge in [0.2, 0.25) is 5.91 Å². The van der Waals surface area contributed by atoms with E-state index in [0.717, 1.165) is 39.0 Å². The van der Waals surface area contributed by atoms with Crippen LogP contribution >= 0.6 is 0 Å². The maximum atomic E-state index is 12.2. The number of nitrogens with zero attached hydrogens (tertiary/aromatic N) is 2. The summed E-state index contributed by atoms with van der Waals surface area (Å²) in [6.45, 7) is 8.76. The number of piperidine rings is 1. The molecule has 1 atom stereocenters. The third-order valence-electron chi connectivity index (χ3n) is 6.30. The van der Waals surface area contributed by atoms with E-state index in [9.17, 15) is 4.79 Å². The first-order chi connectivity index (χ1) is 10.6. The van der Waals surface area contributed by atoms with E-state index >= 15 is 0 Å². The molecule has 1 aliphatic carbocycles. The highest BCUT2D eigenvalue weighted by Crippen LogP contribution is 2.31. The van der Waals surface area contributed by atoms with Crippen molar-refractivity contribution in [2.24, 2.45) is 0 Å². The summed E-state index contributed by atoms with van der Waals surface area (Å²) < 4.78 is 0. The monoisotopic (exact) mass is 307 g/mol. The van der Waals surface area contributed by atoms with E-state index in [0.29, 0.717) is 23.5 Å². The summed E-state index contributed by atoms with van der Waals surface area (Å²) in [6, 6.07) is 1.00. The molecule has 2 aliphatic heterocycles. The smallest absolute Gasteiger partial charge is 0.219 e. The standard InChI is InChI=1S/C18H33N3O/c1-15(22)21(16-6-4-3-5-7-16)17-8-12-20(13-9-17)18(2)10-11-19-14-18/h16-17,19H,3-14H2,1-2H3. The SMILES string of the molecule is CC(=O)N(C1CCCCC1)C1CCN(C2(C)CCNC2)CC1. The Morgan fingerprint density at radius 3 is 2.27 bits per heavy atom. The average Bonchev–Trinajstić information content (AvgIpc) is 2.97. The zero-order valence-corrected chi connectivity index (χ0v) is 14.4. The second kappa shape index (κ2) is 6.88. The molecule has 4 nitrogen and oxygen atoms in total. The predicted octanol–water partition coefficient (Wildman–Crippen LogP) is 2.38. The van der Waals surface area contributed by atoms with E-state index in [1.807, 2.05) is 0 Å². The highest BCUT2D eigenvalue weighted by Gasteiger charge is 2.39. The van der Waals surface area contributed by atoms with Crippen molar-refractivity contribution < 1.29 is 4.79 Å². The van der Waals surface area contributed by atoms with Crippen molar-refractivity contribution in [2.75, 3.05) is 26.2 Å². The van der Waals surface area contributed by atoms with E-state index in [1.165, 1.54) is 38.5 Å². The van der Waals surface area contributed by atoms with Crippen molar-refractivity contribution in [3.05, 3.63) is 0 Å². The normalized spacial score (nSPS) is 32.3. The zero-order chi connectivity index (χ0) is 15.6. The number of rotatable bonds is 3. The molecule has 0 bridgehead atoms. The molecule has 0 aromatic carbocycles. The fourth-order valence-electron chi connectivity index (χ4n) is 4.93. The highest BCUT2D eigenvalue weighted by atomic mass is 16.2. The van der Waals surface area contributed by atoms with E-state index in [-0.39, 0.29) is 0 Å². The van der Waals surface area contributed by atoms with Gasteiger partial charge < -0.3 is 10.2 Å². The molecule has 0 aromatic rings. The van der Waals surface area contributed by atoms with Crippen molar-refractivity contribution in [3.63, 3.8) is 0 Å². The summed E-state index contributed by atoms with van der Waals surface area (Å²) >= 11 is 0. The van der Waals surface area contributed by atoms with Crippen molar-refractivity contribution in [1.82, 2.24) is 15.1 Å². The van der Waals surface area contributed by atoms with Crippen LogP contribution in [0.3, 0.4) is 0 Å². The van der Waals surface area contributed by atoms with Crippen molar-refractivity contribution in [1.29, 1.82) is 0 Å². The maximum Gasteiger partial charge on any atom is 0.219 e. The molecule has 0 radical (unpaired) electrons. The summed E-state index contributed by atoms with van der Waals surface area (Å²) in [4.78, 5) is 17.2. The molecule has 1 saturated carbocycles. The van der Waals surface area contributed by atoms with Gasteiger partial charge in [-0.3, -0.25) is 9.69 Å². The molecule has 126 valence electrons. The van der Waals surface area contributed by atoms with E-state index in [1.54, 1.807) is 6.92 Å². The number of likely N-dealkylation sites (tertiary alicyclic amines) is 1. The van der Waals surface area contributed by atoms with Gasteiger partial charge in [0.05, 0.1) is 0 Å². The Hall–Kier alpha value is -0.610. The highest BCUT2D eigenvalue weighted by molar-refractivity contribution is 5.74. The van der Waals surface area contributed by atoms with Crippen LogP contribution in [0.1, 0.15) is 65.2 Å². The third kappa shape index (κ3) is 3.33. The summed E-state index contributed by atoms with van der Waals surface area (Å²) in [5, 5.41) is 3.51. The van der Waals surface area contributed by atoms with Gasteiger partial charge in [-0.15, -0.1) is 0 Å². The van der Waals surface area contributed by atoms with Crippen molar-refractivity contribution in [3.8, 4) is 0 Å². The average molecular weight is 307 g/mol. The maximum absolute atomic E-state index is 12.2. The predicted molar refractivity (Wildman–Crippen MR) is 89.9 cm³/mol. The minimum Gasteiger partial charge on any atom is -0.337 e. The van der Waals surface area contributed by atoms with Crippen LogP contribution in [-0.4, -0.2) is 59.5 Å². The van der Waals surface area contributed by atoms with Gasteiger partial charge in [-0.25, -0.2) is 0 Å². The Morgan fingerprint density at radius 1 is 1.09 bits per heavy atom. The molecule has 1 amide bonds. The largest absolute Gasteiger partial charge is 0.337 e. The summed E-state index contributed by atoms with van der Waals surface area (Å²) in [7, 11) is 0. The van der Waals surface area contributed by atoms with Crippen LogP contribution in [-0.2, 0) is 4.79 Å². The van der Waals surface area contributed by atoms with Gasteiger partial charge in [-0.1, -0.05) is 19.3 Å². The lowest BCUT2D eigenvalue weighted by atomic mass is 9.89. The quantitative estimate of drug-likeness (QED) is 0.869. The Bertz CT molecular complexity index is 378. The van der Waals surface area contributed by atoms with Crippen LogP contribution in [0.2, 0.25) is 0 Å². The molecule has 3 aliphatic rings. The Morgan fingerprint density at radius 2 is 1.73 bits per heavy atom. The van der Waals surface area contributed by atoms with Crippen molar-refractivity contribution >= 4 is 5.91 Å². The van der Waals surface area contributed by atoms with Gasteiger partial charge in [0.25, 0.3) is 0 Å². The molecular formula is C18H33N3O. The first kappa shape index (κ1) is 16.3. The fraction of sp³-hybridized carbons (Fsp3) is 0.944. The molecule has 2 saturated heterocycles. The number of carbonyl (C=O) groups is 1. The van der Waals surface area contributed by atoms with E-state index in [4.69, 9.17) is 0 Å². The summed E-state index contributed by atoms with van der Waals surface area (Å²) in [5.41, 5.74) is 0.344. The Labute approximate surface area is 135 Å². The third-order valence-corrected chi connectivity index (χ3v) is 6.30. The van der Waals surface area contributed by atoms with Gasteiger partial charge in [0.15, 0.2) is 0 Å². The van der Waals surface area contributed by atoms with Gasteiger partial charge in [-0.2, -0.15) is 0 Å². The second-order valence-corrected chi connectivity index (χ2v) is 7.86. The van der Waals surface area contributed by atoms with Crippen LogP contribution < -0.4 is 5.32 Å². The fourth-order valence-corrected chi connectivity index (χ4v) is 4.93. The van der Waals surface area contributed by atoms with Crippen LogP contribution in [0, 0.1) is 0 Å². The van der Waals surface area contributed by atoms with Gasteiger partial charge in [0.1, 0.15) is 0 Å². The summed E-state index contributed by atoms with van der Waals surface area (Å²) in [5.74, 6) is 0.305.